The lowest BCUT2D eigenvalue weighted by molar-refractivity contribution is -0.137. The first-order valence-corrected chi connectivity index (χ1v) is 6.20. The summed E-state index contributed by atoms with van der Waals surface area (Å²) in [4.78, 5) is 10.6. The Morgan fingerprint density at radius 3 is 2.68 bits per heavy atom. The lowest BCUT2D eigenvalue weighted by Crippen LogP contribution is -2.22. The first-order chi connectivity index (χ1) is 9.06. The maximum Gasteiger partial charge on any atom is 0.303 e. The van der Waals surface area contributed by atoms with E-state index in [9.17, 15) is 4.79 Å². The van der Waals surface area contributed by atoms with E-state index in [1.165, 1.54) is 0 Å². The predicted molar refractivity (Wildman–Crippen MR) is 72.7 cm³/mol. The van der Waals surface area contributed by atoms with Gasteiger partial charge in [-0.3, -0.25) is 4.79 Å². The van der Waals surface area contributed by atoms with Gasteiger partial charge in [0, 0.05) is 24.6 Å². The molecule has 0 aromatic heterocycles. The summed E-state index contributed by atoms with van der Waals surface area (Å²) in [6, 6.07) is 5.64. The number of ether oxygens (including phenoxy) is 2. The molecular formula is C14H21NO4. The van der Waals surface area contributed by atoms with Crippen molar-refractivity contribution in [1.29, 1.82) is 0 Å². The number of benzene rings is 1. The van der Waals surface area contributed by atoms with Crippen molar-refractivity contribution < 1.29 is 19.4 Å². The number of carbonyl (C=O) groups is 1. The van der Waals surface area contributed by atoms with Gasteiger partial charge in [-0.15, -0.1) is 0 Å². The molecule has 2 N–H and O–H groups in total. The molecule has 0 aliphatic rings. The molecule has 1 unspecified atom stereocenters. The molecule has 1 rings (SSSR count). The van der Waals surface area contributed by atoms with Crippen molar-refractivity contribution in [1.82, 2.24) is 5.32 Å². The lowest BCUT2D eigenvalue weighted by atomic mass is 10.1. The van der Waals surface area contributed by atoms with Crippen LogP contribution in [-0.4, -0.2) is 31.8 Å². The highest BCUT2D eigenvalue weighted by atomic mass is 16.5. The van der Waals surface area contributed by atoms with Gasteiger partial charge in [-0.05, 0) is 18.5 Å². The van der Waals surface area contributed by atoms with E-state index in [0.717, 1.165) is 17.1 Å². The third-order valence-electron chi connectivity index (χ3n) is 2.83. The van der Waals surface area contributed by atoms with Crippen LogP contribution >= 0.6 is 0 Å². The summed E-state index contributed by atoms with van der Waals surface area (Å²) in [7, 11) is 3.23. The molecule has 0 radical (unpaired) electrons. The smallest absolute Gasteiger partial charge is 0.303 e. The number of carboxylic acids is 1. The summed E-state index contributed by atoms with van der Waals surface area (Å²) in [5.74, 6) is 0.843. The average molecular weight is 267 g/mol. The van der Waals surface area contributed by atoms with Gasteiger partial charge >= 0.3 is 5.97 Å². The lowest BCUT2D eigenvalue weighted by Gasteiger charge is -2.13. The second-order valence-corrected chi connectivity index (χ2v) is 4.51. The van der Waals surface area contributed by atoms with Crippen LogP contribution < -0.4 is 14.8 Å². The third-order valence-corrected chi connectivity index (χ3v) is 2.83. The van der Waals surface area contributed by atoms with Gasteiger partial charge < -0.3 is 19.9 Å². The van der Waals surface area contributed by atoms with Crippen LogP contribution in [0.4, 0.5) is 0 Å². The van der Waals surface area contributed by atoms with Gasteiger partial charge in [0.25, 0.3) is 0 Å². The molecule has 1 aromatic rings. The molecule has 0 spiro atoms. The maximum absolute atomic E-state index is 10.6. The molecule has 106 valence electrons. The molecule has 19 heavy (non-hydrogen) atoms. The first kappa shape index (κ1) is 15.3. The Hall–Kier alpha value is -1.75. The van der Waals surface area contributed by atoms with E-state index >= 15 is 0 Å². The van der Waals surface area contributed by atoms with Crippen molar-refractivity contribution in [3.05, 3.63) is 23.8 Å². The summed E-state index contributed by atoms with van der Waals surface area (Å²) in [6.45, 7) is 3.20. The normalized spacial score (nSPS) is 11.9. The molecule has 5 nitrogen and oxygen atoms in total. The Labute approximate surface area is 113 Å². The molecule has 0 amide bonds. The highest BCUT2D eigenvalue weighted by Crippen LogP contribution is 2.24. The first-order valence-electron chi connectivity index (χ1n) is 6.20. The highest BCUT2D eigenvalue weighted by molar-refractivity contribution is 5.66. The van der Waals surface area contributed by atoms with E-state index in [1.54, 1.807) is 14.2 Å². The molecule has 0 heterocycles. The summed E-state index contributed by atoms with van der Waals surface area (Å²) in [5, 5.41) is 11.9. The van der Waals surface area contributed by atoms with Gasteiger partial charge in [0.15, 0.2) is 0 Å². The maximum atomic E-state index is 10.6. The van der Waals surface area contributed by atoms with Gasteiger partial charge in [0.2, 0.25) is 0 Å². The van der Waals surface area contributed by atoms with E-state index in [1.807, 2.05) is 25.1 Å². The largest absolute Gasteiger partial charge is 0.497 e. The van der Waals surface area contributed by atoms with Gasteiger partial charge in [0.1, 0.15) is 11.5 Å². The van der Waals surface area contributed by atoms with E-state index < -0.39 is 5.97 Å². The van der Waals surface area contributed by atoms with E-state index in [4.69, 9.17) is 14.6 Å². The topological polar surface area (TPSA) is 67.8 Å². The Morgan fingerprint density at radius 2 is 2.11 bits per heavy atom. The number of hydrogen-bond acceptors (Lipinski definition) is 4. The molecule has 0 fully saturated rings. The van der Waals surface area contributed by atoms with Gasteiger partial charge in [-0.1, -0.05) is 13.0 Å². The number of nitrogens with one attached hydrogen (secondary N) is 1. The fraction of sp³-hybridized carbons (Fsp3) is 0.500. The zero-order chi connectivity index (χ0) is 14.3. The number of aliphatic carboxylic acids is 1. The predicted octanol–water partition coefficient (Wildman–Crippen LogP) is 1.90. The molecule has 0 bridgehead atoms. The Balaban J connectivity index is 2.51. The summed E-state index contributed by atoms with van der Waals surface area (Å²) < 4.78 is 10.4. The Bertz CT molecular complexity index is 420. The van der Waals surface area contributed by atoms with Crippen molar-refractivity contribution in [2.45, 2.75) is 19.9 Å². The minimum absolute atomic E-state index is 0.0988. The zero-order valence-electron chi connectivity index (χ0n) is 11.6. The van der Waals surface area contributed by atoms with Gasteiger partial charge in [-0.2, -0.15) is 0 Å². The number of methoxy groups -OCH3 is 2. The molecule has 1 aromatic carbocycles. The van der Waals surface area contributed by atoms with Gasteiger partial charge in [-0.25, -0.2) is 0 Å². The van der Waals surface area contributed by atoms with E-state index in [-0.39, 0.29) is 12.3 Å². The second-order valence-electron chi connectivity index (χ2n) is 4.51. The van der Waals surface area contributed by atoms with Crippen LogP contribution in [0.3, 0.4) is 0 Å². The Kier molecular flexibility index (Phi) is 6.15. The van der Waals surface area contributed by atoms with E-state index in [0.29, 0.717) is 13.1 Å². The quantitative estimate of drug-likeness (QED) is 0.753. The average Bonchev–Trinajstić information content (AvgIpc) is 2.38. The molecular weight excluding hydrogens is 246 g/mol. The minimum Gasteiger partial charge on any atom is -0.497 e. The van der Waals surface area contributed by atoms with Crippen molar-refractivity contribution in [3.8, 4) is 11.5 Å². The van der Waals surface area contributed by atoms with Crippen LogP contribution in [0.15, 0.2) is 18.2 Å². The second kappa shape index (κ2) is 7.63. The number of rotatable bonds is 8. The van der Waals surface area contributed by atoms with Crippen molar-refractivity contribution in [2.75, 3.05) is 20.8 Å². The molecule has 0 aliphatic heterocycles. The standard InChI is InChI=1S/C14H21NO4/c1-10(6-14(16)17)8-15-9-11-4-5-12(18-2)7-13(11)19-3/h4-5,7,10,15H,6,8-9H2,1-3H3,(H,16,17). The van der Waals surface area contributed by atoms with Crippen molar-refractivity contribution in [3.63, 3.8) is 0 Å². The highest BCUT2D eigenvalue weighted by Gasteiger charge is 2.08. The van der Waals surface area contributed by atoms with Crippen LogP contribution in [0.2, 0.25) is 0 Å². The minimum atomic E-state index is -0.767. The third kappa shape index (κ3) is 5.18. The molecule has 0 saturated carbocycles. The van der Waals surface area contributed by atoms with Crippen LogP contribution in [0.25, 0.3) is 0 Å². The van der Waals surface area contributed by atoms with E-state index in [2.05, 4.69) is 5.32 Å². The monoisotopic (exact) mass is 267 g/mol. The zero-order valence-corrected chi connectivity index (χ0v) is 11.6. The molecule has 0 aliphatic carbocycles. The number of carboxylic acid groups (broad SMARTS) is 1. The fourth-order valence-corrected chi connectivity index (χ4v) is 1.82. The molecule has 5 heteroatoms. The van der Waals surface area contributed by atoms with Crippen molar-refractivity contribution >= 4 is 5.97 Å². The van der Waals surface area contributed by atoms with Crippen LogP contribution in [0.1, 0.15) is 18.9 Å². The fourth-order valence-electron chi connectivity index (χ4n) is 1.82. The van der Waals surface area contributed by atoms with Crippen LogP contribution in [-0.2, 0) is 11.3 Å². The summed E-state index contributed by atoms with van der Waals surface area (Å²) in [6.07, 6.45) is 0.173. The number of hydrogen-bond donors (Lipinski definition) is 2. The molecule has 1 atom stereocenters. The van der Waals surface area contributed by atoms with Crippen LogP contribution in [0, 0.1) is 5.92 Å². The SMILES string of the molecule is COc1ccc(CNCC(C)CC(=O)O)c(OC)c1. The van der Waals surface area contributed by atoms with Gasteiger partial charge in [0.05, 0.1) is 14.2 Å². The van der Waals surface area contributed by atoms with Crippen molar-refractivity contribution in [2.24, 2.45) is 5.92 Å². The Morgan fingerprint density at radius 1 is 1.37 bits per heavy atom. The summed E-state index contributed by atoms with van der Waals surface area (Å²) >= 11 is 0. The molecule has 0 saturated heterocycles. The van der Waals surface area contributed by atoms with Crippen LogP contribution in [0.5, 0.6) is 11.5 Å². The summed E-state index contributed by atoms with van der Waals surface area (Å²) in [5.41, 5.74) is 1.02.